The summed E-state index contributed by atoms with van der Waals surface area (Å²) in [4.78, 5) is 21.4. The van der Waals surface area contributed by atoms with Crippen LogP contribution in [0.15, 0.2) is 24.3 Å². The van der Waals surface area contributed by atoms with E-state index < -0.39 is 0 Å². The molecule has 15 heavy (non-hydrogen) atoms. The van der Waals surface area contributed by atoms with Crippen LogP contribution in [0.1, 0.15) is 22.0 Å². The zero-order valence-corrected chi connectivity index (χ0v) is 8.01. The number of esters is 1. The lowest BCUT2D eigenvalue weighted by Crippen LogP contribution is -2.26. The van der Waals surface area contributed by atoms with Crippen LogP contribution in [0, 0.1) is 0 Å². The van der Waals surface area contributed by atoms with Gasteiger partial charge < -0.3 is 9.47 Å². The topological polar surface area (TPSA) is 52.6 Å². The van der Waals surface area contributed by atoms with E-state index in [2.05, 4.69) is 0 Å². The minimum absolute atomic E-state index is 0.0168. The Hall–Kier alpha value is -1.68. The molecule has 1 saturated heterocycles. The van der Waals surface area contributed by atoms with Crippen LogP contribution in [0.5, 0.6) is 0 Å². The third-order valence-corrected chi connectivity index (χ3v) is 2.21. The number of carbonyl (C=O) groups is 2. The number of carbonyl (C=O) groups excluding carboxylic acids is 2. The molecule has 0 N–H and O–H groups in total. The van der Waals surface area contributed by atoms with Gasteiger partial charge >= 0.3 is 5.97 Å². The molecular formula is C11H10O4. The Bertz CT molecular complexity index is 369. The van der Waals surface area contributed by atoms with E-state index in [1.54, 1.807) is 24.3 Å². The van der Waals surface area contributed by atoms with Crippen molar-refractivity contribution in [1.29, 1.82) is 0 Å². The fourth-order valence-electron chi connectivity index (χ4n) is 1.43. The minimum Gasteiger partial charge on any atom is -0.453 e. The Morgan fingerprint density at radius 1 is 1.27 bits per heavy atom. The molecule has 0 amide bonds. The normalized spacial score (nSPS) is 20.8. The summed E-state index contributed by atoms with van der Waals surface area (Å²) in [6.07, 6.45) is 0.416. The van der Waals surface area contributed by atoms with Gasteiger partial charge in [-0.3, -0.25) is 4.79 Å². The van der Waals surface area contributed by atoms with E-state index in [9.17, 15) is 9.59 Å². The van der Waals surface area contributed by atoms with Gasteiger partial charge in [0.15, 0.2) is 6.10 Å². The van der Waals surface area contributed by atoms with Gasteiger partial charge in [0.05, 0.1) is 6.61 Å². The van der Waals surface area contributed by atoms with E-state index in [-0.39, 0.29) is 18.7 Å². The maximum atomic E-state index is 11.0. The smallest absolute Gasteiger partial charge is 0.332 e. The molecule has 2 rings (SSSR count). The third kappa shape index (κ3) is 2.22. The van der Waals surface area contributed by atoms with Crippen molar-refractivity contribution in [2.45, 2.75) is 6.10 Å². The Kier molecular flexibility index (Phi) is 2.78. The van der Waals surface area contributed by atoms with E-state index in [0.29, 0.717) is 12.2 Å². The molecule has 1 aliphatic heterocycles. The molecule has 1 fully saturated rings. The number of cyclic esters (lactones) is 1. The van der Waals surface area contributed by atoms with E-state index in [4.69, 9.17) is 9.47 Å². The fraction of sp³-hybridized carbons (Fsp3) is 0.273. The molecule has 1 unspecified atom stereocenters. The highest BCUT2D eigenvalue weighted by Gasteiger charge is 2.22. The van der Waals surface area contributed by atoms with E-state index >= 15 is 0 Å². The maximum Gasteiger partial charge on any atom is 0.332 e. The van der Waals surface area contributed by atoms with Crippen LogP contribution in [0.4, 0.5) is 0 Å². The fourth-order valence-corrected chi connectivity index (χ4v) is 1.43. The first-order valence-corrected chi connectivity index (χ1v) is 4.62. The summed E-state index contributed by atoms with van der Waals surface area (Å²) in [6.45, 7) is 0.384. The zero-order chi connectivity index (χ0) is 10.7. The second kappa shape index (κ2) is 4.23. The van der Waals surface area contributed by atoms with Crippen molar-refractivity contribution in [3.63, 3.8) is 0 Å². The van der Waals surface area contributed by atoms with Crippen molar-refractivity contribution in [1.82, 2.24) is 0 Å². The number of ether oxygens (including phenoxy) is 2. The first-order chi connectivity index (χ1) is 7.29. The van der Waals surface area contributed by atoms with Gasteiger partial charge in [-0.05, 0) is 5.56 Å². The molecule has 0 spiro atoms. The predicted molar refractivity (Wildman–Crippen MR) is 51.5 cm³/mol. The largest absolute Gasteiger partial charge is 0.453 e. The molecule has 0 aliphatic carbocycles. The zero-order valence-electron chi connectivity index (χ0n) is 8.01. The number of hydrogen-bond donors (Lipinski definition) is 0. The van der Waals surface area contributed by atoms with Gasteiger partial charge in [0, 0.05) is 5.56 Å². The van der Waals surface area contributed by atoms with E-state index in [1.807, 2.05) is 0 Å². The van der Waals surface area contributed by atoms with Gasteiger partial charge in [-0.2, -0.15) is 0 Å². The summed E-state index contributed by atoms with van der Waals surface area (Å²) in [6, 6.07) is 6.89. The summed E-state index contributed by atoms with van der Waals surface area (Å²) in [5.41, 5.74) is 1.44. The van der Waals surface area contributed by atoms with Gasteiger partial charge in [0.1, 0.15) is 12.9 Å². The van der Waals surface area contributed by atoms with Gasteiger partial charge in [0.25, 0.3) is 0 Å². The quantitative estimate of drug-likeness (QED) is 0.537. The summed E-state index contributed by atoms with van der Waals surface area (Å²) in [5.74, 6) is -0.356. The molecule has 0 saturated carbocycles. The van der Waals surface area contributed by atoms with Gasteiger partial charge in [-0.1, -0.05) is 24.3 Å². The maximum absolute atomic E-state index is 11.0. The Labute approximate surface area is 86.8 Å². The number of benzene rings is 1. The molecule has 0 bridgehead atoms. The van der Waals surface area contributed by atoms with Crippen LogP contribution in [0.25, 0.3) is 0 Å². The second-order valence-corrected chi connectivity index (χ2v) is 3.28. The molecule has 1 aromatic carbocycles. The molecule has 4 nitrogen and oxygen atoms in total. The molecule has 4 heteroatoms. The molecular weight excluding hydrogens is 196 g/mol. The predicted octanol–water partition coefficient (Wildman–Crippen LogP) is 1.11. The first-order valence-electron chi connectivity index (χ1n) is 4.62. The molecule has 1 heterocycles. The summed E-state index contributed by atoms with van der Waals surface area (Å²) in [5, 5.41) is 0. The average molecular weight is 206 g/mol. The molecule has 0 radical (unpaired) electrons. The van der Waals surface area contributed by atoms with Gasteiger partial charge in [-0.25, -0.2) is 4.79 Å². The van der Waals surface area contributed by atoms with Crippen LogP contribution >= 0.6 is 0 Å². The molecule has 1 aromatic rings. The lowest BCUT2D eigenvalue weighted by atomic mass is 10.1. The number of hydrogen-bond acceptors (Lipinski definition) is 4. The SMILES string of the molecule is O=Cc1ccc(C2COCC(=O)O2)cc1. The van der Waals surface area contributed by atoms with Crippen LogP contribution in [0.2, 0.25) is 0 Å². The van der Waals surface area contributed by atoms with Crippen molar-refractivity contribution in [2.24, 2.45) is 0 Å². The minimum atomic E-state index is -0.356. The Morgan fingerprint density at radius 2 is 2.00 bits per heavy atom. The van der Waals surface area contributed by atoms with Crippen LogP contribution in [0.3, 0.4) is 0 Å². The van der Waals surface area contributed by atoms with E-state index in [0.717, 1.165) is 11.8 Å². The number of aldehydes is 1. The van der Waals surface area contributed by atoms with Crippen molar-refractivity contribution < 1.29 is 19.1 Å². The van der Waals surface area contributed by atoms with Gasteiger partial charge in [-0.15, -0.1) is 0 Å². The highest BCUT2D eigenvalue weighted by atomic mass is 16.6. The summed E-state index contributed by atoms with van der Waals surface area (Å²) in [7, 11) is 0. The summed E-state index contributed by atoms with van der Waals surface area (Å²) < 4.78 is 10.2. The third-order valence-electron chi connectivity index (χ3n) is 2.21. The van der Waals surface area contributed by atoms with Crippen LogP contribution in [-0.4, -0.2) is 25.5 Å². The van der Waals surface area contributed by atoms with E-state index in [1.165, 1.54) is 0 Å². The van der Waals surface area contributed by atoms with Gasteiger partial charge in [0.2, 0.25) is 0 Å². The molecule has 1 aliphatic rings. The average Bonchev–Trinajstić information content (AvgIpc) is 2.29. The Morgan fingerprint density at radius 3 is 2.60 bits per heavy atom. The summed E-state index contributed by atoms with van der Waals surface area (Å²) >= 11 is 0. The molecule has 0 aromatic heterocycles. The van der Waals surface area contributed by atoms with Crippen LogP contribution in [-0.2, 0) is 14.3 Å². The van der Waals surface area contributed by atoms with Crippen molar-refractivity contribution in [3.05, 3.63) is 35.4 Å². The highest BCUT2D eigenvalue weighted by Crippen LogP contribution is 2.21. The van der Waals surface area contributed by atoms with Crippen molar-refractivity contribution in [3.8, 4) is 0 Å². The Balaban J connectivity index is 2.14. The molecule has 1 atom stereocenters. The number of rotatable bonds is 2. The lowest BCUT2D eigenvalue weighted by molar-refractivity contribution is -0.170. The highest BCUT2D eigenvalue weighted by molar-refractivity contribution is 5.75. The standard InChI is InChI=1S/C11H10O4/c12-5-8-1-3-9(4-2-8)10-6-14-7-11(13)15-10/h1-5,10H,6-7H2. The van der Waals surface area contributed by atoms with Crippen LogP contribution < -0.4 is 0 Å². The van der Waals surface area contributed by atoms with Crippen molar-refractivity contribution in [2.75, 3.05) is 13.2 Å². The monoisotopic (exact) mass is 206 g/mol. The first kappa shape index (κ1) is 9.86. The lowest BCUT2D eigenvalue weighted by Gasteiger charge is -2.22. The molecule has 78 valence electrons. The second-order valence-electron chi connectivity index (χ2n) is 3.28. The van der Waals surface area contributed by atoms with Crippen molar-refractivity contribution >= 4 is 12.3 Å².